The van der Waals surface area contributed by atoms with Crippen LogP contribution in [-0.4, -0.2) is 46.3 Å². The van der Waals surface area contributed by atoms with Gasteiger partial charge in [-0.05, 0) is 115 Å². The van der Waals surface area contributed by atoms with Gasteiger partial charge in [-0.1, -0.05) is 77.4 Å². The van der Waals surface area contributed by atoms with E-state index in [0.29, 0.717) is 19.4 Å². The first-order chi connectivity index (χ1) is 25.5. The Morgan fingerprint density at radius 3 is 2.37 bits per heavy atom. The van der Waals surface area contributed by atoms with Gasteiger partial charge in [0.1, 0.15) is 19.8 Å². The molecule has 1 heterocycles. The fraction of sp³-hybridized carbons (Fsp3) is 0.667. The number of nitrogens with zero attached hydrogens (tertiary/aromatic N) is 2. The first-order valence-corrected chi connectivity index (χ1v) is 20.3. The second kappa shape index (κ2) is 13.8. The van der Waals surface area contributed by atoms with Crippen LogP contribution in [0, 0.1) is 56.2 Å². The van der Waals surface area contributed by atoms with Crippen LogP contribution in [0.5, 0.6) is 0 Å². The molecule has 4 fully saturated rings. The predicted octanol–water partition coefficient (Wildman–Crippen LogP) is 7.88. The largest absolute Gasteiger partial charge is 0.462 e. The molecule has 54 heavy (non-hydrogen) atoms. The van der Waals surface area contributed by atoms with Crippen LogP contribution in [0.4, 0.5) is 0 Å². The molecule has 9 atom stereocenters. The SMILES string of the molecule is CC1(C)[C@@H](C(=O)NCC(=O)OCCn2ccnc2)CC[C@]2(C)[C@H]3C(=O)C=C4[C@@H]5C[C@@](C)(C(=O)OCc6ccccc6)CC[C@]5(C)CC[C@@]4(C)[C@]3(C)CC[C@@H]12. The molecule has 5 aliphatic carbocycles. The molecule has 292 valence electrons. The molecule has 1 amide bonds. The van der Waals surface area contributed by atoms with Gasteiger partial charge < -0.3 is 19.4 Å². The third kappa shape index (κ3) is 6.25. The quantitative estimate of drug-likeness (QED) is 0.260. The molecule has 4 saturated carbocycles. The van der Waals surface area contributed by atoms with Crippen molar-refractivity contribution >= 4 is 23.6 Å². The van der Waals surface area contributed by atoms with E-state index >= 15 is 0 Å². The zero-order valence-corrected chi connectivity index (χ0v) is 33.5. The van der Waals surface area contributed by atoms with Crippen molar-refractivity contribution in [2.24, 2.45) is 56.2 Å². The molecule has 9 nitrogen and oxygen atoms in total. The summed E-state index contributed by atoms with van der Waals surface area (Å²) in [6.45, 7) is 16.9. The first-order valence-electron chi connectivity index (χ1n) is 20.3. The number of amides is 1. The molecule has 0 unspecified atom stereocenters. The molecule has 0 radical (unpaired) electrons. The van der Waals surface area contributed by atoms with Crippen molar-refractivity contribution in [3.8, 4) is 0 Å². The maximum absolute atomic E-state index is 14.9. The fourth-order valence-corrected chi connectivity index (χ4v) is 12.8. The Morgan fingerprint density at radius 2 is 1.65 bits per heavy atom. The van der Waals surface area contributed by atoms with Crippen molar-refractivity contribution in [1.29, 1.82) is 0 Å². The molecule has 1 aromatic carbocycles. The highest BCUT2D eigenvalue weighted by atomic mass is 16.5. The minimum absolute atomic E-state index is 0.0367. The maximum atomic E-state index is 14.9. The number of allylic oxidation sites excluding steroid dienone is 2. The van der Waals surface area contributed by atoms with Crippen molar-refractivity contribution in [3.63, 3.8) is 0 Å². The summed E-state index contributed by atoms with van der Waals surface area (Å²) in [4.78, 5) is 58.9. The van der Waals surface area contributed by atoms with Crippen molar-refractivity contribution in [2.45, 2.75) is 119 Å². The van der Waals surface area contributed by atoms with Gasteiger partial charge >= 0.3 is 11.9 Å². The second-order valence-electron chi connectivity index (χ2n) is 19.5. The third-order valence-corrected chi connectivity index (χ3v) is 16.2. The van der Waals surface area contributed by atoms with Crippen LogP contribution in [0.1, 0.15) is 112 Å². The summed E-state index contributed by atoms with van der Waals surface area (Å²) >= 11 is 0. The number of aromatic nitrogens is 2. The minimum Gasteiger partial charge on any atom is -0.462 e. The first kappa shape index (κ1) is 38.5. The molecular weight excluding hydrogens is 679 g/mol. The van der Waals surface area contributed by atoms with Crippen molar-refractivity contribution in [3.05, 3.63) is 66.3 Å². The lowest BCUT2D eigenvalue weighted by Gasteiger charge is -2.70. The Labute approximate surface area is 321 Å². The number of nitrogens with one attached hydrogen (secondary N) is 1. The number of ketones is 1. The van der Waals surface area contributed by atoms with E-state index in [9.17, 15) is 19.2 Å². The van der Waals surface area contributed by atoms with E-state index < -0.39 is 11.4 Å². The van der Waals surface area contributed by atoms with Crippen LogP contribution in [0.3, 0.4) is 0 Å². The van der Waals surface area contributed by atoms with Gasteiger partial charge in [-0.25, -0.2) is 4.98 Å². The zero-order chi connectivity index (χ0) is 38.7. The molecular formula is C45H61N3O6. The van der Waals surface area contributed by atoms with Crippen LogP contribution >= 0.6 is 0 Å². The average molecular weight is 740 g/mol. The lowest BCUT2D eigenvalue weighted by Crippen LogP contribution is -2.66. The van der Waals surface area contributed by atoms with Gasteiger partial charge in [0.2, 0.25) is 5.91 Å². The number of carbonyl (C=O) groups is 4. The van der Waals surface area contributed by atoms with E-state index in [1.165, 1.54) is 5.57 Å². The minimum atomic E-state index is -0.608. The summed E-state index contributed by atoms with van der Waals surface area (Å²) in [6, 6.07) is 9.86. The molecule has 0 saturated heterocycles. The summed E-state index contributed by atoms with van der Waals surface area (Å²) in [6.07, 6.45) is 15.1. The molecule has 1 aromatic heterocycles. The highest BCUT2D eigenvalue weighted by Crippen LogP contribution is 2.75. The number of hydrogen-bond donors (Lipinski definition) is 1. The Balaban J connectivity index is 1.08. The summed E-state index contributed by atoms with van der Waals surface area (Å²) in [7, 11) is 0. The molecule has 5 aliphatic rings. The molecule has 9 heteroatoms. The number of esters is 2. The highest BCUT2D eigenvalue weighted by Gasteiger charge is 2.70. The van der Waals surface area contributed by atoms with Crippen LogP contribution in [-0.2, 0) is 41.8 Å². The number of imidazole rings is 1. The number of ether oxygens (including phenoxy) is 2. The summed E-state index contributed by atoms with van der Waals surface area (Å²) in [5, 5.41) is 2.89. The van der Waals surface area contributed by atoms with E-state index in [2.05, 4.69) is 58.8 Å². The van der Waals surface area contributed by atoms with E-state index in [1.54, 1.807) is 12.5 Å². The smallest absolute Gasteiger partial charge is 0.325 e. The summed E-state index contributed by atoms with van der Waals surface area (Å²) in [5.41, 5.74) is 0.627. The third-order valence-electron chi connectivity index (χ3n) is 16.2. The topological polar surface area (TPSA) is 117 Å². The van der Waals surface area contributed by atoms with E-state index in [4.69, 9.17) is 9.47 Å². The zero-order valence-electron chi connectivity index (χ0n) is 33.5. The van der Waals surface area contributed by atoms with Crippen molar-refractivity contribution < 1.29 is 28.7 Å². The Kier molecular flexibility index (Phi) is 9.82. The van der Waals surface area contributed by atoms with Crippen molar-refractivity contribution in [2.75, 3.05) is 13.2 Å². The van der Waals surface area contributed by atoms with Crippen LogP contribution < -0.4 is 5.32 Å². The van der Waals surface area contributed by atoms with Gasteiger partial charge in [-0.2, -0.15) is 0 Å². The van der Waals surface area contributed by atoms with Gasteiger partial charge in [0.15, 0.2) is 5.78 Å². The van der Waals surface area contributed by atoms with E-state index in [-0.39, 0.29) is 88.2 Å². The monoisotopic (exact) mass is 739 g/mol. The average Bonchev–Trinajstić information content (AvgIpc) is 3.65. The Morgan fingerprint density at radius 1 is 0.907 bits per heavy atom. The maximum Gasteiger partial charge on any atom is 0.325 e. The van der Waals surface area contributed by atoms with Gasteiger partial charge in [-0.15, -0.1) is 0 Å². The molecule has 7 rings (SSSR count). The van der Waals surface area contributed by atoms with Gasteiger partial charge in [-0.3, -0.25) is 19.2 Å². The molecule has 2 aromatic rings. The van der Waals surface area contributed by atoms with Gasteiger partial charge in [0.25, 0.3) is 0 Å². The molecule has 0 aliphatic heterocycles. The number of rotatable bonds is 9. The number of hydrogen-bond acceptors (Lipinski definition) is 7. The normalized spacial score (nSPS) is 38.1. The van der Waals surface area contributed by atoms with Crippen molar-refractivity contribution in [1.82, 2.24) is 14.9 Å². The summed E-state index contributed by atoms with van der Waals surface area (Å²) in [5.74, 6) is -0.574. The second-order valence-corrected chi connectivity index (χ2v) is 19.5. The van der Waals surface area contributed by atoms with Gasteiger partial charge in [0.05, 0.1) is 18.3 Å². The van der Waals surface area contributed by atoms with Crippen LogP contribution in [0.2, 0.25) is 0 Å². The number of fused-ring (bicyclic) bond motifs is 7. The predicted molar refractivity (Wildman–Crippen MR) is 205 cm³/mol. The number of benzene rings is 1. The van der Waals surface area contributed by atoms with E-state index in [0.717, 1.165) is 50.5 Å². The van der Waals surface area contributed by atoms with Gasteiger partial charge in [0, 0.05) is 24.2 Å². The van der Waals surface area contributed by atoms with Crippen LogP contribution in [0.25, 0.3) is 0 Å². The standard InChI is InChI=1S/C45H61N3O6/c1-40(2)31(38(51)47-27-36(50)53-24-23-48-22-21-46-29-48)13-15-43(5)35(40)14-16-45(7)37(43)34(49)25-32-33-26-42(4,18-17-41(33,3)19-20-44(32,45)6)39(52)54-28-30-11-9-8-10-12-30/h8-12,21-22,25,29,31,33,35,37H,13-20,23-24,26-28H2,1-7H3,(H,47,51)/t31-,33+,35+,37-,41-,42+,43+,44-,45-/m1/s1. The number of carbonyl (C=O) groups excluding carboxylic acids is 4. The molecule has 0 spiro atoms. The fourth-order valence-electron chi connectivity index (χ4n) is 12.8. The lowest BCUT2D eigenvalue weighted by atomic mass is 9.33. The summed E-state index contributed by atoms with van der Waals surface area (Å²) < 4.78 is 13.2. The Bertz CT molecular complexity index is 1800. The van der Waals surface area contributed by atoms with Crippen LogP contribution in [0.15, 0.2) is 60.7 Å². The van der Waals surface area contributed by atoms with E-state index in [1.807, 2.05) is 47.2 Å². The molecule has 1 N–H and O–H groups in total. The lowest BCUT2D eigenvalue weighted by molar-refractivity contribution is -0.195. The highest BCUT2D eigenvalue weighted by molar-refractivity contribution is 5.96. The Hall–Kier alpha value is -3.75. The molecule has 0 bridgehead atoms.